The minimum atomic E-state index is -0.355. The van der Waals surface area contributed by atoms with Crippen LogP contribution in [0.25, 0.3) is 11.2 Å². The van der Waals surface area contributed by atoms with Crippen molar-refractivity contribution in [2.75, 3.05) is 20.6 Å². The molecule has 2 heterocycles. The third kappa shape index (κ3) is 3.35. The van der Waals surface area contributed by atoms with E-state index in [1.165, 1.54) is 11.6 Å². The Balaban J connectivity index is 2.15. The number of fused-ring (bicyclic) bond motifs is 1. The summed E-state index contributed by atoms with van der Waals surface area (Å²) in [7, 11) is 7.23. The average molecular weight is 355 g/mol. The van der Waals surface area contributed by atoms with Gasteiger partial charge in [0.1, 0.15) is 5.82 Å². The quantitative estimate of drug-likeness (QED) is 0.661. The van der Waals surface area contributed by atoms with Gasteiger partial charge in [-0.1, -0.05) is 30.3 Å². The zero-order valence-electron chi connectivity index (χ0n) is 15.8. The molecule has 0 saturated carbocycles. The monoisotopic (exact) mass is 355 g/mol. The molecular weight excluding hydrogens is 330 g/mol. The molecule has 3 rings (SSSR count). The second-order valence-electron chi connectivity index (χ2n) is 6.88. The molecule has 0 saturated heterocycles. The first-order chi connectivity index (χ1) is 12.4. The number of imidazole rings is 1. The Morgan fingerprint density at radius 1 is 1.04 bits per heavy atom. The number of aromatic nitrogens is 4. The second kappa shape index (κ2) is 7.29. The van der Waals surface area contributed by atoms with Crippen molar-refractivity contribution in [2.24, 2.45) is 14.1 Å². The maximum atomic E-state index is 12.8. The van der Waals surface area contributed by atoms with E-state index in [0.717, 1.165) is 28.9 Å². The van der Waals surface area contributed by atoms with Gasteiger partial charge in [0, 0.05) is 27.1 Å². The van der Waals surface area contributed by atoms with Crippen molar-refractivity contribution >= 4 is 11.2 Å². The number of aryl methyl sites for hydroxylation is 2. The third-order valence-electron chi connectivity index (χ3n) is 4.62. The molecular formula is C19H25N5O2. The highest BCUT2D eigenvalue weighted by molar-refractivity contribution is 5.71. The van der Waals surface area contributed by atoms with Crippen molar-refractivity contribution in [3.8, 4) is 0 Å². The number of nitrogens with zero attached hydrogens (tertiary/aromatic N) is 5. The predicted octanol–water partition coefficient (Wildman–Crippen LogP) is 0.976. The van der Waals surface area contributed by atoms with Crippen LogP contribution in [0.4, 0.5) is 0 Å². The lowest BCUT2D eigenvalue weighted by Crippen LogP contribution is -2.37. The van der Waals surface area contributed by atoms with Gasteiger partial charge in [-0.25, -0.2) is 9.78 Å². The first-order valence-electron chi connectivity index (χ1n) is 8.74. The molecule has 0 aliphatic heterocycles. The van der Waals surface area contributed by atoms with Crippen LogP contribution >= 0.6 is 0 Å². The lowest BCUT2D eigenvalue weighted by atomic mass is 10.1. The number of hydrogen-bond acceptors (Lipinski definition) is 4. The van der Waals surface area contributed by atoms with Crippen LogP contribution in [0.2, 0.25) is 0 Å². The first kappa shape index (κ1) is 18.1. The fourth-order valence-corrected chi connectivity index (χ4v) is 3.19. The maximum Gasteiger partial charge on any atom is 0.332 e. The van der Waals surface area contributed by atoms with Crippen LogP contribution in [-0.4, -0.2) is 44.2 Å². The number of hydrogen-bond donors (Lipinski definition) is 0. The van der Waals surface area contributed by atoms with Crippen LogP contribution in [0.3, 0.4) is 0 Å². The summed E-state index contributed by atoms with van der Waals surface area (Å²) >= 11 is 0. The molecule has 0 aliphatic rings. The van der Waals surface area contributed by atoms with Gasteiger partial charge >= 0.3 is 5.69 Å². The normalized spacial score (nSPS) is 11.6. The van der Waals surface area contributed by atoms with Crippen molar-refractivity contribution in [1.82, 2.24) is 23.6 Å². The van der Waals surface area contributed by atoms with Crippen LogP contribution in [0.5, 0.6) is 0 Å². The summed E-state index contributed by atoms with van der Waals surface area (Å²) in [5.41, 5.74) is 1.43. The summed E-state index contributed by atoms with van der Waals surface area (Å²) in [5, 5.41) is 0. The molecule has 7 heteroatoms. The Hall–Kier alpha value is -2.67. The van der Waals surface area contributed by atoms with Crippen molar-refractivity contribution in [3.63, 3.8) is 0 Å². The van der Waals surface area contributed by atoms with Crippen molar-refractivity contribution in [3.05, 3.63) is 62.6 Å². The van der Waals surface area contributed by atoms with Gasteiger partial charge in [0.2, 0.25) is 0 Å². The third-order valence-corrected chi connectivity index (χ3v) is 4.62. The maximum absolute atomic E-state index is 12.8. The summed E-state index contributed by atoms with van der Waals surface area (Å²) < 4.78 is 4.58. The molecule has 0 N–H and O–H groups in total. The fourth-order valence-electron chi connectivity index (χ4n) is 3.19. The van der Waals surface area contributed by atoms with Gasteiger partial charge in [0.25, 0.3) is 5.56 Å². The van der Waals surface area contributed by atoms with Crippen LogP contribution < -0.4 is 11.2 Å². The molecule has 2 aromatic heterocycles. The van der Waals surface area contributed by atoms with Crippen LogP contribution in [0.15, 0.2) is 39.9 Å². The van der Waals surface area contributed by atoms with E-state index in [0.29, 0.717) is 24.1 Å². The topological polar surface area (TPSA) is 65.1 Å². The highest BCUT2D eigenvalue weighted by Crippen LogP contribution is 2.16. The van der Waals surface area contributed by atoms with Crippen molar-refractivity contribution in [2.45, 2.75) is 19.4 Å². The fraction of sp³-hybridized carbons (Fsp3) is 0.421. The largest absolute Gasteiger partial charge is 0.332 e. The van der Waals surface area contributed by atoms with E-state index in [2.05, 4.69) is 9.88 Å². The predicted molar refractivity (Wildman–Crippen MR) is 103 cm³/mol. The van der Waals surface area contributed by atoms with E-state index >= 15 is 0 Å². The van der Waals surface area contributed by atoms with Crippen LogP contribution in [0, 0.1) is 0 Å². The number of benzene rings is 1. The SMILES string of the molecule is CN(C)CCCn1c(Cc2ccccc2)nc2c1c(=O)n(C)c(=O)n2C. The van der Waals surface area contributed by atoms with E-state index in [1.54, 1.807) is 7.05 Å². The van der Waals surface area contributed by atoms with Crippen molar-refractivity contribution in [1.29, 1.82) is 0 Å². The van der Waals surface area contributed by atoms with Crippen molar-refractivity contribution < 1.29 is 0 Å². The molecule has 0 amide bonds. The molecule has 0 aliphatic carbocycles. The molecule has 0 atom stereocenters. The van der Waals surface area contributed by atoms with Gasteiger partial charge < -0.3 is 9.47 Å². The zero-order valence-corrected chi connectivity index (χ0v) is 15.8. The van der Waals surface area contributed by atoms with Gasteiger partial charge in [0.15, 0.2) is 11.2 Å². The summed E-state index contributed by atoms with van der Waals surface area (Å²) in [6, 6.07) is 10.0. The Bertz CT molecular complexity index is 1030. The summed E-state index contributed by atoms with van der Waals surface area (Å²) in [4.78, 5) is 31.8. The minimum Gasteiger partial charge on any atom is -0.322 e. The second-order valence-corrected chi connectivity index (χ2v) is 6.88. The Kier molecular flexibility index (Phi) is 5.08. The van der Waals surface area contributed by atoms with Gasteiger partial charge in [-0.05, 0) is 32.6 Å². The highest BCUT2D eigenvalue weighted by atomic mass is 16.2. The molecule has 0 radical (unpaired) electrons. The summed E-state index contributed by atoms with van der Waals surface area (Å²) in [6.45, 7) is 1.60. The molecule has 0 bridgehead atoms. The summed E-state index contributed by atoms with van der Waals surface area (Å²) in [6.07, 6.45) is 1.51. The molecule has 0 fully saturated rings. The Morgan fingerprint density at radius 2 is 1.73 bits per heavy atom. The Labute approximate surface area is 152 Å². The standard InChI is InChI=1S/C19H25N5O2/c1-21(2)11-8-12-24-15(13-14-9-6-5-7-10-14)20-17-16(24)18(25)23(4)19(26)22(17)3/h5-7,9-10H,8,11-13H2,1-4H3. The highest BCUT2D eigenvalue weighted by Gasteiger charge is 2.19. The molecule has 1 aromatic carbocycles. The van der Waals surface area contributed by atoms with E-state index < -0.39 is 0 Å². The van der Waals surface area contributed by atoms with E-state index in [4.69, 9.17) is 0 Å². The lowest BCUT2D eigenvalue weighted by Gasteiger charge is -2.12. The molecule has 0 unspecified atom stereocenters. The first-order valence-corrected chi connectivity index (χ1v) is 8.74. The minimum absolute atomic E-state index is 0.292. The van der Waals surface area contributed by atoms with Gasteiger partial charge in [0.05, 0.1) is 0 Å². The van der Waals surface area contributed by atoms with E-state index in [9.17, 15) is 9.59 Å². The van der Waals surface area contributed by atoms with Gasteiger partial charge in [-0.3, -0.25) is 13.9 Å². The molecule has 26 heavy (non-hydrogen) atoms. The molecule has 3 aromatic rings. The summed E-state index contributed by atoms with van der Waals surface area (Å²) in [5.74, 6) is 0.809. The lowest BCUT2D eigenvalue weighted by molar-refractivity contribution is 0.386. The van der Waals surface area contributed by atoms with Gasteiger partial charge in [-0.2, -0.15) is 0 Å². The number of rotatable bonds is 6. The molecule has 138 valence electrons. The molecule has 7 nitrogen and oxygen atoms in total. The zero-order chi connectivity index (χ0) is 18.8. The van der Waals surface area contributed by atoms with Crippen LogP contribution in [0.1, 0.15) is 17.8 Å². The molecule has 0 spiro atoms. The van der Waals surface area contributed by atoms with E-state index in [1.807, 2.05) is 49.0 Å². The van der Waals surface area contributed by atoms with Gasteiger partial charge in [-0.15, -0.1) is 0 Å². The Morgan fingerprint density at radius 3 is 2.38 bits per heavy atom. The smallest absolute Gasteiger partial charge is 0.322 e. The van der Waals surface area contributed by atoms with Crippen LogP contribution in [-0.2, 0) is 27.1 Å². The average Bonchev–Trinajstić information content (AvgIpc) is 2.97. The van der Waals surface area contributed by atoms with E-state index in [-0.39, 0.29) is 11.2 Å².